The Morgan fingerprint density at radius 1 is 1.43 bits per heavy atom. The number of benzene rings is 1. The minimum atomic E-state index is -0.180. The molecular weight excluding hydrogens is 266 g/mol. The number of aryl methyl sites for hydroxylation is 1. The van der Waals surface area contributed by atoms with E-state index in [1.54, 1.807) is 0 Å². The Kier molecular flexibility index (Phi) is 5.23. The van der Waals surface area contributed by atoms with Crippen molar-refractivity contribution in [3.63, 3.8) is 0 Å². The second-order valence-corrected chi connectivity index (χ2v) is 6.35. The predicted octanol–water partition coefficient (Wildman–Crippen LogP) is 2.42. The van der Waals surface area contributed by atoms with Gasteiger partial charge in [-0.1, -0.05) is 26.0 Å². The molecule has 0 bridgehead atoms. The Labute approximate surface area is 126 Å². The van der Waals surface area contributed by atoms with Crippen LogP contribution in [-0.2, 0) is 16.0 Å². The second kappa shape index (κ2) is 6.94. The number of nitrogens with one attached hydrogen (secondary N) is 1. The van der Waals surface area contributed by atoms with Gasteiger partial charge < -0.3 is 14.8 Å². The molecule has 4 heteroatoms. The van der Waals surface area contributed by atoms with Gasteiger partial charge in [-0.3, -0.25) is 4.79 Å². The molecule has 0 amide bonds. The third kappa shape index (κ3) is 4.46. The molecule has 1 aromatic carbocycles. The van der Waals surface area contributed by atoms with E-state index in [9.17, 15) is 4.79 Å². The number of carbonyl (C=O) groups is 1. The number of rotatable bonds is 6. The summed E-state index contributed by atoms with van der Waals surface area (Å²) in [6.07, 6.45) is 1.08. The molecule has 1 heterocycles. The first kappa shape index (κ1) is 15.8. The van der Waals surface area contributed by atoms with E-state index in [4.69, 9.17) is 4.74 Å². The van der Waals surface area contributed by atoms with Gasteiger partial charge in [-0.2, -0.15) is 0 Å². The Bertz CT molecular complexity index is 485. The van der Waals surface area contributed by atoms with Crippen LogP contribution in [0.5, 0.6) is 5.75 Å². The fourth-order valence-electron chi connectivity index (χ4n) is 2.61. The zero-order valence-corrected chi connectivity index (χ0v) is 13.1. The van der Waals surface area contributed by atoms with Crippen molar-refractivity contribution >= 4 is 5.97 Å². The van der Waals surface area contributed by atoms with Crippen molar-refractivity contribution in [1.29, 1.82) is 0 Å². The van der Waals surface area contributed by atoms with Gasteiger partial charge in [0.15, 0.2) is 0 Å². The zero-order valence-electron chi connectivity index (χ0n) is 13.1. The van der Waals surface area contributed by atoms with E-state index in [1.807, 2.05) is 24.3 Å². The lowest BCUT2D eigenvalue weighted by molar-refractivity contribution is -0.140. The summed E-state index contributed by atoms with van der Waals surface area (Å²) in [5.74, 6) is 1.22. The van der Waals surface area contributed by atoms with Crippen molar-refractivity contribution in [2.45, 2.75) is 26.7 Å². The van der Waals surface area contributed by atoms with Crippen molar-refractivity contribution < 1.29 is 14.3 Å². The summed E-state index contributed by atoms with van der Waals surface area (Å²) in [6.45, 7) is 7.32. The fraction of sp³-hybridized carbons (Fsp3) is 0.588. The van der Waals surface area contributed by atoms with Gasteiger partial charge in [-0.05, 0) is 29.5 Å². The summed E-state index contributed by atoms with van der Waals surface area (Å²) in [6, 6.07) is 7.96. The highest BCUT2D eigenvalue weighted by atomic mass is 16.5. The maximum atomic E-state index is 11.2. The molecule has 1 atom stereocenters. The summed E-state index contributed by atoms with van der Waals surface area (Å²) >= 11 is 0. The van der Waals surface area contributed by atoms with Gasteiger partial charge >= 0.3 is 5.97 Å². The van der Waals surface area contributed by atoms with Crippen LogP contribution in [0.3, 0.4) is 0 Å². The van der Waals surface area contributed by atoms with Crippen molar-refractivity contribution in [3.05, 3.63) is 29.8 Å². The van der Waals surface area contributed by atoms with Crippen LogP contribution in [0.25, 0.3) is 0 Å². The maximum Gasteiger partial charge on any atom is 0.305 e. The molecule has 1 aromatic rings. The molecule has 4 nitrogen and oxygen atoms in total. The van der Waals surface area contributed by atoms with Gasteiger partial charge in [0.05, 0.1) is 13.7 Å². The Balaban J connectivity index is 1.87. The topological polar surface area (TPSA) is 47.6 Å². The molecule has 1 aliphatic heterocycles. The van der Waals surface area contributed by atoms with E-state index in [2.05, 4.69) is 23.9 Å². The molecule has 2 rings (SSSR count). The van der Waals surface area contributed by atoms with Gasteiger partial charge in [-0.25, -0.2) is 0 Å². The van der Waals surface area contributed by atoms with E-state index in [-0.39, 0.29) is 11.4 Å². The normalized spacial score (nSPS) is 20.2. The number of hydrogen-bond acceptors (Lipinski definition) is 4. The Morgan fingerprint density at radius 2 is 2.24 bits per heavy atom. The van der Waals surface area contributed by atoms with Gasteiger partial charge in [-0.15, -0.1) is 0 Å². The smallest absolute Gasteiger partial charge is 0.305 e. The van der Waals surface area contributed by atoms with Crippen molar-refractivity contribution in [1.82, 2.24) is 5.32 Å². The molecule has 0 spiro atoms. The SMILES string of the molecule is COC(=O)CCc1cccc(OCC2CNCC2(C)C)c1. The molecule has 0 aromatic heterocycles. The van der Waals surface area contributed by atoms with Crippen molar-refractivity contribution in [2.24, 2.45) is 11.3 Å². The molecule has 1 saturated heterocycles. The largest absolute Gasteiger partial charge is 0.493 e. The van der Waals surface area contributed by atoms with Crippen LogP contribution in [0.15, 0.2) is 24.3 Å². The predicted molar refractivity (Wildman–Crippen MR) is 82.4 cm³/mol. The van der Waals surface area contributed by atoms with Crippen LogP contribution >= 0.6 is 0 Å². The highest BCUT2D eigenvalue weighted by molar-refractivity contribution is 5.69. The average molecular weight is 291 g/mol. The third-order valence-corrected chi connectivity index (χ3v) is 4.27. The summed E-state index contributed by atoms with van der Waals surface area (Å²) in [4.78, 5) is 11.2. The number of methoxy groups -OCH3 is 1. The maximum absolute atomic E-state index is 11.2. The number of esters is 1. The highest BCUT2D eigenvalue weighted by Crippen LogP contribution is 2.30. The van der Waals surface area contributed by atoms with Gasteiger partial charge in [0.2, 0.25) is 0 Å². The molecular formula is C17H25NO3. The monoisotopic (exact) mass is 291 g/mol. The van der Waals surface area contributed by atoms with Crippen molar-refractivity contribution in [3.8, 4) is 5.75 Å². The van der Waals surface area contributed by atoms with E-state index >= 15 is 0 Å². The average Bonchev–Trinajstić information content (AvgIpc) is 2.81. The highest BCUT2D eigenvalue weighted by Gasteiger charge is 2.34. The van der Waals surface area contributed by atoms with Gasteiger partial charge in [0, 0.05) is 25.4 Å². The van der Waals surface area contributed by atoms with Gasteiger partial charge in [0.25, 0.3) is 0 Å². The van der Waals surface area contributed by atoms with Gasteiger partial charge in [0.1, 0.15) is 5.75 Å². The lowest BCUT2D eigenvalue weighted by Crippen LogP contribution is -2.27. The van der Waals surface area contributed by atoms with E-state index < -0.39 is 0 Å². The molecule has 116 valence electrons. The first-order chi connectivity index (χ1) is 10.0. The number of ether oxygens (including phenoxy) is 2. The second-order valence-electron chi connectivity index (χ2n) is 6.35. The van der Waals surface area contributed by atoms with Crippen LogP contribution in [-0.4, -0.2) is 32.8 Å². The van der Waals surface area contributed by atoms with Crippen LogP contribution in [0.4, 0.5) is 0 Å². The first-order valence-electron chi connectivity index (χ1n) is 7.50. The molecule has 0 aliphatic carbocycles. The number of carbonyl (C=O) groups excluding carboxylic acids is 1. The molecule has 1 fully saturated rings. The molecule has 0 saturated carbocycles. The molecule has 1 unspecified atom stereocenters. The summed E-state index contributed by atoms with van der Waals surface area (Å²) in [7, 11) is 1.42. The van der Waals surface area contributed by atoms with Crippen molar-refractivity contribution in [2.75, 3.05) is 26.8 Å². The third-order valence-electron chi connectivity index (χ3n) is 4.27. The van der Waals surface area contributed by atoms with Crippen LogP contribution in [0.1, 0.15) is 25.8 Å². The lowest BCUT2D eigenvalue weighted by atomic mass is 9.83. The van der Waals surface area contributed by atoms with E-state index in [0.717, 1.165) is 31.0 Å². The fourth-order valence-corrected chi connectivity index (χ4v) is 2.61. The standard InChI is InChI=1S/C17H25NO3/c1-17(2)12-18-10-14(17)11-21-15-6-4-5-13(9-15)7-8-16(19)20-3/h4-6,9,14,18H,7-8,10-12H2,1-3H3. The summed E-state index contributed by atoms with van der Waals surface area (Å²) < 4.78 is 10.6. The molecule has 21 heavy (non-hydrogen) atoms. The molecule has 1 aliphatic rings. The lowest BCUT2D eigenvalue weighted by Gasteiger charge is -2.25. The zero-order chi connectivity index (χ0) is 15.3. The van der Waals surface area contributed by atoms with Crippen LogP contribution in [0.2, 0.25) is 0 Å². The molecule has 0 radical (unpaired) electrons. The van der Waals surface area contributed by atoms with E-state index in [0.29, 0.717) is 18.8 Å². The van der Waals surface area contributed by atoms with E-state index in [1.165, 1.54) is 7.11 Å². The molecule has 1 N–H and O–H groups in total. The number of hydrogen-bond donors (Lipinski definition) is 1. The summed E-state index contributed by atoms with van der Waals surface area (Å²) in [5, 5.41) is 3.42. The Morgan fingerprint density at radius 3 is 2.90 bits per heavy atom. The van der Waals surface area contributed by atoms with Crippen LogP contribution < -0.4 is 10.1 Å². The Hall–Kier alpha value is -1.55. The quantitative estimate of drug-likeness (QED) is 0.818. The minimum absolute atomic E-state index is 0.180. The summed E-state index contributed by atoms with van der Waals surface area (Å²) in [5.41, 5.74) is 1.38. The minimum Gasteiger partial charge on any atom is -0.493 e. The van der Waals surface area contributed by atoms with Crippen LogP contribution in [0, 0.1) is 11.3 Å². The first-order valence-corrected chi connectivity index (χ1v) is 7.50.